The van der Waals surface area contributed by atoms with E-state index in [1.807, 2.05) is 19.9 Å². The Bertz CT molecular complexity index is 928. The van der Waals surface area contributed by atoms with Gasteiger partial charge in [-0.25, -0.2) is 4.99 Å². The first-order valence-corrected chi connectivity index (χ1v) is 9.71. The number of aromatic nitrogens is 1. The van der Waals surface area contributed by atoms with Gasteiger partial charge in [-0.05, 0) is 56.4 Å². The van der Waals surface area contributed by atoms with Crippen molar-refractivity contribution in [2.75, 3.05) is 5.32 Å². The van der Waals surface area contributed by atoms with Gasteiger partial charge in [0.2, 0.25) is 12.1 Å². The number of hydrogen-bond acceptors (Lipinski definition) is 5. The maximum Gasteiger partial charge on any atom is 0.255 e. The van der Waals surface area contributed by atoms with Gasteiger partial charge in [-0.1, -0.05) is 6.07 Å². The lowest BCUT2D eigenvalue weighted by Gasteiger charge is -2.22. The molecule has 0 radical (unpaired) electrons. The second-order valence-corrected chi connectivity index (χ2v) is 7.41. The van der Waals surface area contributed by atoms with Gasteiger partial charge in [0.15, 0.2) is 5.82 Å². The SMILES string of the molecule is CC(C)NC(=O)c1c[nH]c2c1NC(Oc1ccc3c(c1)CCC3)C=N2.CC(N)=O. The first-order chi connectivity index (χ1) is 13.8. The molecule has 2 heterocycles. The second-order valence-electron chi connectivity index (χ2n) is 7.41. The molecular weight excluding hydrogens is 370 g/mol. The van der Waals surface area contributed by atoms with Crippen molar-refractivity contribution >= 4 is 29.5 Å². The van der Waals surface area contributed by atoms with Gasteiger partial charge in [0, 0.05) is 19.2 Å². The Labute approximate surface area is 169 Å². The van der Waals surface area contributed by atoms with Crippen LogP contribution in [0.15, 0.2) is 29.4 Å². The van der Waals surface area contributed by atoms with Crippen molar-refractivity contribution in [1.82, 2.24) is 10.3 Å². The molecule has 0 saturated carbocycles. The van der Waals surface area contributed by atoms with E-state index in [-0.39, 0.29) is 17.9 Å². The van der Waals surface area contributed by atoms with Crippen LogP contribution in [0.2, 0.25) is 0 Å². The van der Waals surface area contributed by atoms with E-state index in [1.54, 1.807) is 12.4 Å². The topological polar surface area (TPSA) is 122 Å². The number of anilines is 1. The number of hydrogen-bond donors (Lipinski definition) is 4. The van der Waals surface area contributed by atoms with E-state index in [0.717, 1.165) is 18.6 Å². The van der Waals surface area contributed by atoms with Crippen LogP contribution in [0.4, 0.5) is 11.5 Å². The molecule has 1 aliphatic carbocycles. The zero-order valence-corrected chi connectivity index (χ0v) is 16.9. The predicted octanol–water partition coefficient (Wildman–Crippen LogP) is 2.67. The highest BCUT2D eigenvalue weighted by Gasteiger charge is 2.24. The number of aryl methyl sites for hydroxylation is 2. The molecule has 2 amide bonds. The summed E-state index contributed by atoms with van der Waals surface area (Å²) in [5.41, 5.74) is 8.47. The zero-order chi connectivity index (χ0) is 21.0. The number of nitrogens with one attached hydrogen (secondary N) is 3. The molecule has 0 fully saturated rings. The summed E-state index contributed by atoms with van der Waals surface area (Å²) in [6.07, 6.45) is 6.44. The Morgan fingerprint density at radius 1 is 1.28 bits per heavy atom. The van der Waals surface area contributed by atoms with Crippen molar-refractivity contribution in [3.63, 3.8) is 0 Å². The summed E-state index contributed by atoms with van der Waals surface area (Å²) in [4.78, 5) is 28.9. The third-order valence-corrected chi connectivity index (χ3v) is 4.48. The first-order valence-electron chi connectivity index (χ1n) is 9.71. The third-order valence-electron chi connectivity index (χ3n) is 4.48. The third kappa shape index (κ3) is 5.16. The summed E-state index contributed by atoms with van der Waals surface area (Å²) < 4.78 is 6.02. The van der Waals surface area contributed by atoms with Gasteiger partial charge < -0.3 is 26.1 Å². The lowest BCUT2D eigenvalue weighted by molar-refractivity contribution is -0.115. The Kier molecular flexibility index (Phi) is 6.21. The fourth-order valence-corrected chi connectivity index (χ4v) is 3.33. The molecule has 29 heavy (non-hydrogen) atoms. The van der Waals surface area contributed by atoms with Gasteiger partial charge in [0.25, 0.3) is 5.91 Å². The summed E-state index contributed by atoms with van der Waals surface area (Å²) in [5.74, 6) is 0.993. The minimum Gasteiger partial charge on any atom is -0.465 e. The number of aromatic amines is 1. The molecule has 2 aromatic rings. The zero-order valence-electron chi connectivity index (χ0n) is 16.9. The standard InChI is InChI=1S/C19H22N4O2.C2H5NO/c1-11(2)22-19(24)15-9-20-18-17(15)23-16(10-21-18)25-14-7-6-12-4-3-5-13(12)8-14;1-2(3)4/h6-11,16,20,23H,3-5H2,1-2H3,(H,22,24);1H3,(H2,3,4). The maximum atomic E-state index is 12.3. The summed E-state index contributed by atoms with van der Waals surface area (Å²) >= 11 is 0. The van der Waals surface area contributed by atoms with E-state index in [2.05, 4.69) is 38.5 Å². The van der Waals surface area contributed by atoms with E-state index in [0.29, 0.717) is 17.1 Å². The lowest BCUT2D eigenvalue weighted by atomic mass is 10.1. The number of H-pyrrole nitrogens is 1. The molecule has 5 N–H and O–H groups in total. The summed E-state index contributed by atoms with van der Waals surface area (Å²) in [6, 6.07) is 6.32. The van der Waals surface area contributed by atoms with Crippen molar-refractivity contribution < 1.29 is 14.3 Å². The van der Waals surface area contributed by atoms with Crippen LogP contribution in [-0.2, 0) is 17.6 Å². The number of nitrogens with two attached hydrogens (primary N) is 1. The number of carbonyl (C=O) groups excluding carboxylic acids is 2. The Morgan fingerprint density at radius 2 is 2.00 bits per heavy atom. The van der Waals surface area contributed by atoms with Crippen molar-refractivity contribution in [3.05, 3.63) is 41.1 Å². The molecule has 1 aliphatic heterocycles. The van der Waals surface area contributed by atoms with Crippen LogP contribution in [0.3, 0.4) is 0 Å². The summed E-state index contributed by atoms with van der Waals surface area (Å²) in [7, 11) is 0. The molecule has 0 saturated heterocycles. The molecule has 1 aromatic heterocycles. The van der Waals surface area contributed by atoms with Crippen molar-refractivity contribution in [1.29, 1.82) is 0 Å². The van der Waals surface area contributed by atoms with Crippen LogP contribution < -0.4 is 21.1 Å². The number of aliphatic imine (C=N–C) groups is 1. The normalized spacial score (nSPS) is 16.2. The minimum atomic E-state index is -0.409. The molecule has 0 bridgehead atoms. The van der Waals surface area contributed by atoms with Crippen LogP contribution in [-0.4, -0.2) is 35.3 Å². The van der Waals surface area contributed by atoms with E-state index < -0.39 is 6.23 Å². The van der Waals surface area contributed by atoms with Crippen molar-refractivity contribution in [2.24, 2.45) is 10.7 Å². The van der Waals surface area contributed by atoms with Crippen LogP contribution in [0, 0.1) is 0 Å². The van der Waals surface area contributed by atoms with Gasteiger partial charge in [-0.15, -0.1) is 0 Å². The molecule has 154 valence electrons. The number of amides is 2. The van der Waals surface area contributed by atoms with Crippen LogP contribution in [0.1, 0.15) is 48.7 Å². The number of nitrogens with zero attached hydrogens (tertiary/aromatic N) is 1. The lowest BCUT2D eigenvalue weighted by Crippen LogP contribution is -2.33. The van der Waals surface area contributed by atoms with Gasteiger partial charge in [0.1, 0.15) is 5.75 Å². The molecule has 1 unspecified atom stereocenters. The molecule has 4 rings (SSSR count). The highest BCUT2D eigenvalue weighted by Crippen LogP contribution is 2.32. The molecule has 8 heteroatoms. The van der Waals surface area contributed by atoms with Gasteiger partial charge in [-0.3, -0.25) is 9.59 Å². The molecule has 1 aromatic carbocycles. The Hall–Kier alpha value is -3.29. The van der Waals surface area contributed by atoms with Gasteiger partial charge in [0.05, 0.1) is 17.5 Å². The maximum absolute atomic E-state index is 12.3. The monoisotopic (exact) mass is 397 g/mol. The van der Waals surface area contributed by atoms with Crippen LogP contribution >= 0.6 is 0 Å². The number of primary amides is 1. The number of carbonyl (C=O) groups is 2. The molecular formula is C21H27N5O3. The average molecular weight is 397 g/mol. The van der Waals surface area contributed by atoms with Crippen molar-refractivity contribution in [2.45, 2.75) is 52.3 Å². The molecule has 2 aliphatic rings. The van der Waals surface area contributed by atoms with Crippen LogP contribution in [0.25, 0.3) is 0 Å². The molecule has 8 nitrogen and oxygen atoms in total. The van der Waals surface area contributed by atoms with E-state index in [4.69, 9.17) is 4.74 Å². The smallest absolute Gasteiger partial charge is 0.255 e. The van der Waals surface area contributed by atoms with Gasteiger partial charge >= 0.3 is 0 Å². The number of ether oxygens (including phenoxy) is 1. The first kappa shape index (κ1) is 20.4. The highest BCUT2D eigenvalue weighted by molar-refractivity contribution is 6.03. The quantitative estimate of drug-likeness (QED) is 0.633. The largest absolute Gasteiger partial charge is 0.465 e. The van der Waals surface area contributed by atoms with E-state index in [1.165, 1.54) is 24.5 Å². The number of benzene rings is 1. The average Bonchev–Trinajstić information content (AvgIpc) is 3.26. The van der Waals surface area contributed by atoms with Crippen molar-refractivity contribution in [3.8, 4) is 5.75 Å². The Morgan fingerprint density at radius 3 is 2.72 bits per heavy atom. The minimum absolute atomic E-state index is 0.0728. The highest BCUT2D eigenvalue weighted by atomic mass is 16.5. The molecule has 1 atom stereocenters. The van der Waals surface area contributed by atoms with E-state index >= 15 is 0 Å². The fourth-order valence-electron chi connectivity index (χ4n) is 3.33. The number of fused-ring (bicyclic) bond motifs is 2. The van der Waals surface area contributed by atoms with E-state index in [9.17, 15) is 9.59 Å². The van der Waals surface area contributed by atoms with Crippen LogP contribution in [0.5, 0.6) is 5.75 Å². The fraction of sp³-hybridized carbons (Fsp3) is 0.381. The summed E-state index contributed by atoms with van der Waals surface area (Å²) in [5, 5.41) is 6.15. The second kappa shape index (κ2) is 8.81. The predicted molar refractivity (Wildman–Crippen MR) is 113 cm³/mol. The number of rotatable bonds is 4. The Balaban J connectivity index is 0.000000552. The summed E-state index contributed by atoms with van der Waals surface area (Å²) in [6.45, 7) is 5.17. The molecule has 0 spiro atoms. The van der Waals surface area contributed by atoms with Gasteiger partial charge in [-0.2, -0.15) is 0 Å².